The van der Waals surface area contributed by atoms with Crippen molar-refractivity contribution in [2.75, 3.05) is 46.4 Å². The monoisotopic (exact) mass is 333 g/mol. The third-order valence-corrected chi connectivity index (χ3v) is 7.26. The molecular formula is C13H23N3O5S. The molecule has 2 atom stereocenters. The van der Waals surface area contributed by atoms with Gasteiger partial charge in [-0.3, -0.25) is 4.79 Å². The van der Waals surface area contributed by atoms with Crippen LogP contribution in [0.2, 0.25) is 0 Å². The number of fused-ring (bicyclic) bond motifs is 1. The number of carbonyl (C=O) groups is 1. The van der Waals surface area contributed by atoms with E-state index in [-0.39, 0.29) is 25.1 Å². The maximum atomic E-state index is 12.8. The van der Waals surface area contributed by atoms with E-state index in [0.717, 1.165) is 0 Å². The molecule has 0 amide bonds. The second-order valence-electron chi connectivity index (χ2n) is 6.42. The summed E-state index contributed by atoms with van der Waals surface area (Å²) in [5, 5.41) is 12.6. The molecule has 0 saturated carbocycles. The first-order valence-electron chi connectivity index (χ1n) is 7.62. The first kappa shape index (κ1) is 16.1. The van der Waals surface area contributed by atoms with Crippen molar-refractivity contribution in [3.63, 3.8) is 0 Å². The second-order valence-corrected chi connectivity index (χ2v) is 8.35. The molecule has 3 aliphatic rings. The van der Waals surface area contributed by atoms with Crippen molar-refractivity contribution < 1.29 is 23.1 Å². The quantitative estimate of drug-likeness (QED) is 0.681. The first-order chi connectivity index (χ1) is 10.4. The molecule has 0 radical (unpaired) electrons. The fraction of sp³-hybridized carbons (Fsp3) is 0.923. The number of hydrogen-bond donors (Lipinski definition) is 2. The van der Waals surface area contributed by atoms with Gasteiger partial charge in [0.2, 0.25) is 0 Å². The standard InChI is InChI=1S/C13H23N3O5S/c1-21-11-2-4-15(5-3-11)22(19,20)16-7-10-6-14-8-13(10,9-16)12(17)18/h10-11,14H,2-9H2,1H3,(H,17,18)/t10-,13-/m1/s1. The molecule has 3 saturated heterocycles. The topological polar surface area (TPSA) is 99.2 Å². The lowest BCUT2D eigenvalue weighted by Crippen LogP contribution is -2.49. The summed E-state index contributed by atoms with van der Waals surface area (Å²) in [5.41, 5.74) is -0.974. The molecule has 0 spiro atoms. The van der Waals surface area contributed by atoms with Gasteiger partial charge in [-0.2, -0.15) is 17.0 Å². The highest BCUT2D eigenvalue weighted by Gasteiger charge is 2.58. The average molecular weight is 333 g/mol. The van der Waals surface area contributed by atoms with Gasteiger partial charge in [0.05, 0.1) is 11.5 Å². The molecular weight excluding hydrogens is 310 g/mol. The number of rotatable bonds is 4. The largest absolute Gasteiger partial charge is 0.481 e. The van der Waals surface area contributed by atoms with Gasteiger partial charge in [0.15, 0.2) is 0 Å². The summed E-state index contributed by atoms with van der Waals surface area (Å²) in [6.45, 7) is 2.11. The number of aliphatic carboxylic acids is 1. The Balaban J connectivity index is 1.73. The summed E-state index contributed by atoms with van der Waals surface area (Å²) in [7, 11) is -1.95. The first-order valence-corrected chi connectivity index (χ1v) is 9.02. The van der Waals surface area contributed by atoms with Crippen LogP contribution >= 0.6 is 0 Å². The van der Waals surface area contributed by atoms with Crippen LogP contribution in [0.15, 0.2) is 0 Å². The molecule has 22 heavy (non-hydrogen) atoms. The van der Waals surface area contributed by atoms with Gasteiger partial charge in [-0.1, -0.05) is 0 Å². The van der Waals surface area contributed by atoms with Crippen LogP contribution in [0.5, 0.6) is 0 Å². The van der Waals surface area contributed by atoms with Crippen LogP contribution in [0.4, 0.5) is 0 Å². The number of ether oxygens (including phenoxy) is 1. The van der Waals surface area contributed by atoms with Gasteiger partial charge in [0.1, 0.15) is 0 Å². The van der Waals surface area contributed by atoms with Crippen LogP contribution in [0.1, 0.15) is 12.8 Å². The zero-order valence-corrected chi connectivity index (χ0v) is 13.5. The lowest BCUT2D eigenvalue weighted by atomic mass is 9.81. The number of methoxy groups -OCH3 is 1. The molecule has 0 aromatic rings. The Bertz CT molecular complexity index is 546. The van der Waals surface area contributed by atoms with E-state index >= 15 is 0 Å². The van der Waals surface area contributed by atoms with Gasteiger partial charge < -0.3 is 15.2 Å². The second kappa shape index (κ2) is 5.72. The highest BCUT2D eigenvalue weighted by Crippen LogP contribution is 2.41. The Morgan fingerprint density at radius 2 is 2.00 bits per heavy atom. The van der Waals surface area contributed by atoms with Crippen molar-refractivity contribution in [2.45, 2.75) is 18.9 Å². The molecule has 0 aromatic heterocycles. The van der Waals surface area contributed by atoms with Crippen molar-refractivity contribution in [3.05, 3.63) is 0 Å². The maximum Gasteiger partial charge on any atom is 0.312 e. The van der Waals surface area contributed by atoms with E-state index in [0.29, 0.717) is 39.0 Å². The van der Waals surface area contributed by atoms with Crippen molar-refractivity contribution in [1.82, 2.24) is 13.9 Å². The number of nitrogens with zero attached hydrogens (tertiary/aromatic N) is 2. The summed E-state index contributed by atoms with van der Waals surface area (Å²) in [6.07, 6.45) is 1.47. The number of carboxylic acids is 1. The molecule has 8 nitrogen and oxygen atoms in total. The zero-order valence-electron chi connectivity index (χ0n) is 12.7. The number of carboxylic acid groups (broad SMARTS) is 1. The van der Waals surface area contributed by atoms with Gasteiger partial charge in [0, 0.05) is 52.3 Å². The van der Waals surface area contributed by atoms with Crippen molar-refractivity contribution in [1.29, 1.82) is 0 Å². The van der Waals surface area contributed by atoms with E-state index in [9.17, 15) is 18.3 Å². The summed E-state index contributed by atoms with van der Waals surface area (Å²) in [4.78, 5) is 11.6. The SMILES string of the molecule is COC1CCN(S(=O)(=O)N2C[C@H]3CNC[C@@]3(C(=O)O)C2)CC1. The molecule has 3 aliphatic heterocycles. The highest BCUT2D eigenvalue weighted by atomic mass is 32.2. The Labute approximate surface area is 130 Å². The van der Waals surface area contributed by atoms with Crippen molar-refractivity contribution >= 4 is 16.2 Å². The third-order valence-electron chi connectivity index (χ3n) is 5.31. The van der Waals surface area contributed by atoms with E-state index in [2.05, 4.69) is 5.32 Å². The smallest absolute Gasteiger partial charge is 0.312 e. The van der Waals surface area contributed by atoms with Crippen LogP contribution in [0, 0.1) is 11.3 Å². The van der Waals surface area contributed by atoms with Crippen molar-refractivity contribution in [3.8, 4) is 0 Å². The normalized spacial score (nSPS) is 34.9. The van der Waals surface area contributed by atoms with E-state index in [4.69, 9.17) is 4.74 Å². The molecule has 0 aromatic carbocycles. The maximum absolute atomic E-state index is 12.8. The Morgan fingerprint density at radius 1 is 1.32 bits per heavy atom. The molecule has 9 heteroatoms. The van der Waals surface area contributed by atoms with Gasteiger partial charge in [-0.05, 0) is 12.8 Å². The van der Waals surface area contributed by atoms with Gasteiger partial charge in [-0.15, -0.1) is 0 Å². The van der Waals surface area contributed by atoms with E-state index < -0.39 is 21.6 Å². The van der Waals surface area contributed by atoms with Crippen LogP contribution in [0.3, 0.4) is 0 Å². The number of hydrogen-bond acceptors (Lipinski definition) is 5. The fourth-order valence-corrected chi connectivity index (χ4v) is 5.57. The third kappa shape index (κ3) is 2.44. The summed E-state index contributed by atoms with van der Waals surface area (Å²) >= 11 is 0. The number of piperidine rings is 1. The van der Waals surface area contributed by atoms with Crippen LogP contribution < -0.4 is 5.32 Å². The van der Waals surface area contributed by atoms with Gasteiger partial charge in [-0.25, -0.2) is 0 Å². The molecule has 3 heterocycles. The molecule has 126 valence electrons. The Kier molecular flexibility index (Phi) is 4.19. The van der Waals surface area contributed by atoms with Crippen LogP contribution in [-0.4, -0.2) is 80.6 Å². The van der Waals surface area contributed by atoms with E-state index in [1.165, 1.54) is 8.61 Å². The molecule has 0 unspecified atom stereocenters. The summed E-state index contributed by atoms with van der Waals surface area (Å²) < 4.78 is 33.6. The zero-order chi connectivity index (χ0) is 16.0. The Hall–Kier alpha value is -0.740. The van der Waals surface area contributed by atoms with Crippen LogP contribution in [-0.2, 0) is 19.7 Å². The average Bonchev–Trinajstić information content (AvgIpc) is 3.05. The van der Waals surface area contributed by atoms with E-state index in [1.807, 2.05) is 0 Å². The van der Waals surface area contributed by atoms with Crippen LogP contribution in [0.25, 0.3) is 0 Å². The van der Waals surface area contributed by atoms with Crippen molar-refractivity contribution in [2.24, 2.45) is 11.3 Å². The lowest BCUT2D eigenvalue weighted by molar-refractivity contribution is -0.148. The summed E-state index contributed by atoms with van der Waals surface area (Å²) in [6, 6.07) is 0. The highest BCUT2D eigenvalue weighted by molar-refractivity contribution is 7.86. The minimum Gasteiger partial charge on any atom is -0.481 e. The predicted octanol–water partition coefficient (Wildman–Crippen LogP) is -1.05. The molecule has 2 N–H and O–H groups in total. The molecule has 0 aliphatic carbocycles. The Morgan fingerprint density at radius 3 is 2.55 bits per heavy atom. The molecule has 0 bridgehead atoms. The summed E-state index contributed by atoms with van der Waals surface area (Å²) in [5.74, 6) is -1.06. The van der Waals surface area contributed by atoms with Gasteiger partial charge >= 0.3 is 5.97 Å². The lowest BCUT2D eigenvalue weighted by Gasteiger charge is -2.33. The van der Waals surface area contributed by atoms with Gasteiger partial charge in [0.25, 0.3) is 10.2 Å². The molecule has 3 fully saturated rings. The predicted molar refractivity (Wildman–Crippen MR) is 78.5 cm³/mol. The minimum absolute atomic E-state index is 0.0620. The van der Waals surface area contributed by atoms with E-state index in [1.54, 1.807) is 7.11 Å². The number of nitrogens with one attached hydrogen (secondary N) is 1. The fourth-order valence-electron chi connectivity index (χ4n) is 3.81. The minimum atomic E-state index is -3.59. The molecule has 3 rings (SSSR count).